The minimum absolute atomic E-state index is 0.174. The highest BCUT2D eigenvalue weighted by Gasteiger charge is 2.10. The first kappa shape index (κ1) is 13.1. The van der Waals surface area contributed by atoms with E-state index in [1.807, 2.05) is 6.07 Å². The fourth-order valence-electron chi connectivity index (χ4n) is 1.22. The van der Waals surface area contributed by atoms with Crippen molar-refractivity contribution >= 4 is 66.4 Å². The molecule has 1 N–H and O–H groups in total. The molecule has 1 amide bonds. The van der Waals surface area contributed by atoms with Gasteiger partial charge in [0.15, 0.2) is 0 Å². The summed E-state index contributed by atoms with van der Waals surface area (Å²) in [5, 5.41) is 5.06. The second-order valence-corrected chi connectivity index (χ2v) is 6.83. The lowest BCUT2D eigenvalue weighted by Gasteiger charge is -2.06. The Labute approximate surface area is 124 Å². The van der Waals surface area contributed by atoms with Crippen LogP contribution in [0.1, 0.15) is 10.4 Å². The second-order valence-electron chi connectivity index (χ2n) is 3.22. The van der Waals surface area contributed by atoms with E-state index < -0.39 is 0 Å². The van der Waals surface area contributed by atoms with Gasteiger partial charge in [0.05, 0.1) is 20.1 Å². The molecule has 17 heavy (non-hydrogen) atoms. The first-order valence-corrected chi connectivity index (χ1v) is 7.41. The number of carbonyl (C=O) groups excluding carboxylic acids is 1. The molecule has 0 spiro atoms. The van der Waals surface area contributed by atoms with Crippen LogP contribution in [0, 0.1) is 0 Å². The van der Waals surface area contributed by atoms with Gasteiger partial charge in [0.1, 0.15) is 0 Å². The summed E-state index contributed by atoms with van der Waals surface area (Å²) in [4.78, 5) is 11.9. The number of hydrogen-bond acceptors (Lipinski definition) is 2. The van der Waals surface area contributed by atoms with Gasteiger partial charge in [0, 0.05) is 9.85 Å². The number of nitrogens with one attached hydrogen (secondary N) is 1. The highest BCUT2D eigenvalue weighted by molar-refractivity contribution is 9.11. The van der Waals surface area contributed by atoms with Crippen LogP contribution in [0.4, 0.5) is 5.69 Å². The molecule has 2 nitrogen and oxygen atoms in total. The molecule has 6 heteroatoms. The highest BCUT2D eigenvalue weighted by Crippen LogP contribution is 2.27. The molecule has 1 heterocycles. The third-order valence-electron chi connectivity index (χ3n) is 2.01. The fraction of sp³-hybridized carbons (Fsp3) is 0. The van der Waals surface area contributed by atoms with Gasteiger partial charge in [-0.2, -0.15) is 0 Å². The predicted molar refractivity (Wildman–Crippen MR) is 79.1 cm³/mol. The van der Waals surface area contributed by atoms with E-state index in [4.69, 9.17) is 11.6 Å². The number of amides is 1. The zero-order valence-electron chi connectivity index (χ0n) is 8.34. The molecule has 0 bridgehead atoms. The number of rotatable bonds is 2. The maximum absolute atomic E-state index is 11.9. The maximum Gasteiger partial charge on any atom is 0.256 e. The third kappa shape index (κ3) is 3.31. The second kappa shape index (κ2) is 5.52. The number of anilines is 1. The standard InChI is InChI=1S/C11H6Br2ClNOS/c12-7-1-2-8(14)9(4-7)15-11(16)6-3-10(13)17-5-6/h1-5H,(H,15,16). The van der Waals surface area contributed by atoms with Crippen LogP contribution in [-0.2, 0) is 0 Å². The Morgan fingerprint density at radius 1 is 1.29 bits per heavy atom. The number of hydrogen-bond donors (Lipinski definition) is 1. The maximum atomic E-state index is 11.9. The minimum Gasteiger partial charge on any atom is -0.321 e. The molecular formula is C11H6Br2ClNOS. The molecule has 0 saturated carbocycles. The molecule has 0 unspecified atom stereocenters. The first-order chi connectivity index (χ1) is 8.06. The van der Waals surface area contributed by atoms with Gasteiger partial charge in [-0.3, -0.25) is 4.79 Å². The van der Waals surface area contributed by atoms with E-state index in [2.05, 4.69) is 37.2 Å². The van der Waals surface area contributed by atoms with Gasteiger partial charge in [-0.25, -0.2) is 0 Å². The van der Waals surface area contributed by atoms with Crippen LogP contribution in [0.25, 0.3) is 0 Å². The molecule has 0 saturated heterocycles. The van der Waals surface area contributed by atoms with Gasteiger partial charge in [0.2, 0.25) is 0 Å². The van der Waals surface area contributed by atoms with E-state index in [0.29, 0.717) is 16.3 Å². The summed E-state index contributed by atoms with van der Waals surface area (Å²) in [5.74, 6) is -0.174. The summed E-state index contributed by atoms with van der Waals surface area (Å²) < 4.78 is 1.78. The Kier molecular flexibility index (Phi) is 4.25. The number of halogens is 3. The molecule has 0 atom stereocenters. The quantitative estimate of drug-likeness (QED) is 0.746. The molecule has 0 aliphatic rings. The zero-order valence-corrected chi connectivity index (χ0v) is 13.1. The SMILES string of the molecule is O=C(Nc1cc(Br)ccc1Cl)c1csc(Br)c1. The summed E-state index contributed by atoms with van der Waals surface area (Å²) in [6, 6.07) is 7.08. The summed E-state index contributed by atoms with van der Waals surface area (Å²) in [6.07, 6.45) is 0. The summed E-state index contributed by atoms with van der Waals surface area (Å²) >= 11 is 14.1. The Bertz CT molecular complexity index is 570. The average molecular weight is 396 g/mol. The van der Waals surface area contributed by atoms with Crippen molar-refractivity contribution in [2.75, 3.05) is 5.32 Å². The zero-order chi connectivity index (χ0) is 12.4. The van der Waals surface area contributed by atoms with Crippen molar-refractivity contribution in [3.63, 3.8) is 0 Å². The topological polar surface area (TPSA) is 29.1 Å². The van der Waals surface area contributed by atoms with Gasteiger partial charge in [-0.15, -0.1) is 11.3 Å². The monoisotopic (exact) mass is 393 g/mol. The van der Waals surface area contributed by atoms with Gasteiger partial charge in [-0.1, -0.05) is 27.5 Å². The lowest BCUT2D eigenvalue weighted by atomic mass is 10.3. The molecule has 1 aromatic carbocycles. The minimum atomic E-state index is -0.174. The highest BCUT2D eigenvalue weighted by atomic mass is 79.9. The van der Waals surface area contributed by atoms with Crippen LogP contribution in [0.2, 0.25) is 5.02 Å². The van der Waals surface area contributed by atoms with Crippen molar-refractivity contribution in [3.8, 4) is 0 Å². The van der Waals surface area contributed by atoms with E-state index in [9.17, 15) is 4.79 Å². The van der Waals surface area contributed by atoms with Crippen molar-refractivity contribution in [3.05, 3.63) is 48.5 Å². The largest absolute Gasteiger partial charge is 0.321 e. The van der Waals surface area contributed by atoms with Crippen LogP contribution in [0.15, 0.2) is 37.9 Å². The van der Waals surface area contributed by atoms with Crippen molar-refractivity contribution in [1.29, 1.82) is 0 Å². The summed E-state index contributed by atoms with van der Waals surface area (Å²) in [7, 11) is 0. The molecule has 2 rings (SSSR count). The van der Waals surface area contributed by atoms with E-state index in [1.54, 1.807) is 23.6 Å². The summed E-state index contributed by atoms with van der Waals surface area (Å²) in [6.45, 7) is 0. The van der Waals surface area contributed by atoms with Crippen LogP contribution in [0.5, 0.6) is 0 Å². The normalized spacial score (nSPS) is 10.3. The Hall–Kier alpha value is -0.360. The van der Waals surface area contributed by atoms with Gasteiger partial charge >= 0.3 is 0 Å². The Balaban J connectivity index is 2.21. The Morgan fingerprint density at radius 2 is 2.06 bits per heavy atom. The van der Waals surface area contributed by atoms with Crippen molar-refractivity contribution in [1.82, 2.24) is 0 Å². The van der Waals surface area contributed by atoms with Gasteiger partial charge in [0.25, 0.3) is 5.91 Å². The lowest BCUT2D eigenvalue weighted by Crippen LogP contribution is -2.11. The van der Waals surface area contributed by atoms with Gasteiger partial charge < -0.3 is 5.32 Å². The molecule has 0 aliphatic heterocycles. The van der Waals surface area contributed by atoms with Crippen molar-refractivity contribution in [2.45, 2.75) is 0 Å². The molecule has 0 fully saturated rings. The molecular weight excluding hydrogens is 389 g/mol. The van der Waals surface area contributed by atoms with E-state index >= 15 is 0 Å². The molecule has 0 aliphatic carbocycles. The number of benzene rings is 1. The lowest BCUT2D eigenvalue weighted by molar-refractivity contribution is 0.102. The third-order valence-corrected chi connectivity index (χ3v) is 4.33. The van der Waals surface area contributed by atoms with Crippen LogP contribution in [-0.4, -0.2) is 5.91 Å². The van der Waals surface area contributed by atoms with Crippen LogP contribution in [0.3, 0.4) is 0 Å². The number of carbonyl (C=O) groups is 1. The number of thiophene rings is 1. The van der Waals surface area contributed by atoms with Crippen LogP contribution < -0.4 is 5.32 Å². The first-order valence-electron chi connectivity index (χ1n) is 4.56. The van der Waals surface area contributed by atoms with E-state index in [0.717, 1.165) is 8.26 Å². The smallest absolute Gasteiger partial charge is 0.256 e. The predicted octanol–water partition coefficient (Wildman–Crippen LogP) is 5.18. The molecule has 1 aromatic heterocycles. The van der Waals surface area contributed by atoms with Crippen molar-refractivity contribution < 1.29 is 4.79 Å². The van der Waals surface area contributed by atoms with E-state index in [-0.39, 0.29) is 5.91 Å². The average Bonchev–Trinajstić information content (AvgIpc) is 2.70. The molecule has 88 valence electrons. The molecule has 0 radical (unpaired) electrons. The van der Waals surface area contributed by atoms with E-state index in [1.165, 1.54) is 11.3 Å². The van der Waals surface area contributed by atoms with Crippen molar-refractivity contribution in [2.24, 2.45) is 0 Å². The fourth-order valence-corrected chi connectivity index (χ4v) is 2.88. The van der Waals surface area contributed by atoms with Gasteiger partial charge in [-0.05, 0) is 40.2 Å². The summed E-state index contributed by atoms with van der Waals surface area (Å²) in [5.41, 5.74) is 1.20. The van der Waals surface area contributed by atoms with Crippen LogP contribution >= 0.6 is 54.8 Å². The Morgan fingerprint density at radius 3 is 2.71 bits per heavy atom. The molecule has 2 aromatic rings.